The smallest absolute Gasteiger partial charge is 0.155 e. The molecule has 3 rings (SSSR count). The highest BCUT2D eigenvalue weighted by Gasteiger charge is 2.22. The second-order valence-electron chi connectivity index (χ2n) is 3.87. The molecule has 0 aromatic carbocycles. The quantitative estimate of drug-likeness (QED) is 0.814. The van der Waals surface area contributed by atoms with Crippen molar-refractivity contribution in [3.05, 3.63) is 36.5 Å². The molecule has 0 saturated carbocycles. The zero-order valence-corrected chi connectivity index (χ0v) is 8.87. The molecule has 3 heterocycles. The Morgan fingerprint density at radius 2 is 2.31 bits per heavy atom. The molecule has 5 nitrogen and oxygen atoms in total. The Kier molecular flexibility index (Phi) is 2.38. The van der Waals surface area contributed by atoms with Gasteiger partial charge in [0.2, 0.25) is 0 Å². The molecule has 0 bridgehead atoms. The summed E-state index contributed by atoms with van der Waals surface area (Å²) in [5.74, 6) is 1.78. The van der Waals surface area contributed by atoms with Crippen molar-refractivity contribution >= 4 is 0 Å². The van der Waals surface area contributed by atoms with Gasteiger partial charge in [-0.05, 0) is 31.5 Å². The third-order valence-corrected chi connectivity index (χ3v) is 2.81. The molecule has 0 spiro atoms. The summed E-state index contributed by atoms with van der Waals surface area (Å²) in [7, 11) is 0. The van der Waals surface area contributed by atoms with Crippen LogP contribution in [-0.2, 0) is 0 Å². The first-order chi connectivity index (χ1) is 7.95. The van der Waals surface area contributed by atoms with Gasteiger partial charge < -0.3 is 5.32 Å². The highest BCUT2D eigenvalue weighted by molar-refractivity contribution is 5.22. The van der Waals surface area contributed by atoms with Crippen LogP contribution in [0, 0.1) is 0 Å². The van der Waals surface area contributed by atoms with Crippen molar-refractivity contribution in [1.29, 1.82) is 0 Å². The van der Waals surface area contributed by atoms with Crippen LogP contribution < -0.4 is 5.32 Å². The monoisotopic (exact) mass is 215 g/mol. The summed E-state index contributed by atoms with van der Waals surface area (Å²) in [6.45, 7) is 1.06. The summed E-state index contributed by atoms with van der Waals surface area (Å²) in [5, 5.41) is 7.65. The van der Waals surface area contributed by atoms with Gasteiger partial charge in [-0.25, -0.2) is 9.97 Å². The molecule has 0 unspecified atom stereocenters. The highest BCUT2D eigenvalue weighted by Crippen LogP contribution is 2.22. The van der Waals surface area contributed by atoms with E-state index in [1.54, 1.807) is 12.5 Å². The summed E-state index contributed by atoms with van der Waals surface area (Å²) in [5.41, 5.74) is 0. The minimum Gasteiger partial charge on any atom is -0.307 e. The average molecular weight is 215 g/mol. The Labute approximate surface area is 93.5 Å². The van der Waals surface area contributed by atoms with Crippen LogP contribution in [0.15, 0.2) is 30.7 Å². The number of hydrogen-bond donors (Lipinski definition) is 1. The van der Waals surface area contributed by atoms with Crippen molar-refractivity contribution in [2.45, 2.75) is 18.9 Å². The summed E-state index contributed by atoms with van der Waals surface area (Å²) in [6, 6.07) is 6.10. The van der Waals surface area contributed by atoms with Crippen LogP contribution in [0.3, 0.4) is 0 Å². The van der Waals surface area contributed by atoms with Gasteiger partial charge >= 0.3 is 0 Å². The summed E-state index contributed by atoms with van der Waals surface area (Å²) in [4.78, 5) is 8.61. The van der Waals surface area contributed by atoms with Gasteiger partial charge in [0.25, 0.3) is 0 Å². The standard InChI is InChI=1S/C11H13N5/c1-2-6-13-10(5-1)16-11(14-8-15-16)9-4-3-7-12-9/h1-2,5-6,8-9,12H,3-4,7H2/t9-/m1/s1. The molecule has 0 amide bonds. The molecular weight excluding hydrogens is 202 g/mol. The third kappa shape index (κ3) is 1.59. The van der Waals surface area contributed by atoms with Crippen LogP contribution in [0.25, 0.3) is 5.82 Å². The maximum absolute atomic E-state index is 4.32. The lowest BCUT2D eigenvalue weighted by Crippen LogP contribution is -2.18. The van der Waals surface area contributed by atoms with E-state index in [2.05, 4.69) is 20.4 Å². The lowest BCUT2D eigenvalue weighted by atomic mass is 10.2. The molecule has 5 heteroatoms. The molecule has 1 fully saturated rings. The number of pyridine rings is 1. The fourth-order valence-electron chi connectivity index (χ4n) is 2.05. The average Bonchev–Trinajstić information content (AvgIpc) is 3.01. The number of nitrogens with one attached hydrogen (secondary N) is 1. The minimum absolute atomic E-state index is 0.310. The van der Waals surface area contributed by atoms with Crippen molar-refractivity contribution in [2.24, 2.45) is 0 Å². The number of aromatic nitrogens is 4. The molecule has 16 heavy (non-hydrogen) atoms. The summed E-state index contributed by atoms with van der Waals surface area (Å²) >= 11 is 0. The molecule has 2 aromatic rings. The van der Waals surface area contributed by atoms with Gasteiger partial charge in [0.1, 0.15) is 6.33 Å². The van der Waals surface area contributed by atoms with E-state index in [9.17, 15) is 0 Å². The topological polar surface area (TPSA) is 55.6 Å². The summed E-state index contributed by atoms with van der Waals surface area (Å²) < 4.78 is 1.81. The number of rotatable bonds is 2. The zero-order valence-electron chi connectivity index (χ0n) is 8.87. The van der Waals surface area contributed by atoms with Gasteiger partial charge in [0.05, 0.1) is 6.04 Å². The minimum atomic E-state index is 0.310. The van der Waals surface area contributed by atoms with E-state index >= 15 is 0 Å². The van der Waals surface area contributed by atoms with Crippen LogP contribution in [0.5, 0.6) is 0 Å². The summed E-state index contributed by atoms with van der Waals surface area (Å²) in [6.07, 6.45) is 5.66. The first-order valence-electron chi connectivity index (χ1n) is 5.50. The molecule has 0 radical (unpaired) electrons. The SMILES string of the molecule is c1ccc(-n2ncnc2[C@H]2CCCN2)nc1. The van der Waals surface area contributed by atoms with Gasteiger partial charge in [0.15, 0.2) is 11.6 Å². The fraction of sp³-hybridized carbons (Fsp3) is 0.364. The predicted octanol–water partition coefficient (Wildman–Crippen LogP) is 1.09. The Bertz CT molecular complexity index is 458. The lowest BCUT2D eigenvalue weighted by molar-refractivity contribution is 0.580. The maximum atomic E-state index is 4.32. The van der Waals surface area contributed by atoms with Gasteiger partial charge in [-0.2, -0.15) is 9.78 Å². The zero-order chi connectivity index (χ0) is 10.8. The third-order valence-electron chi connectivity index (χ3n) is 2.81. The van der Waals surface area contributed by atoms with E-state index in [-0.39, 0.29) is 0 Å². The molecule has 1 N–H and O–H groups in total. The van der Waals surface area contributed by atoms with E-state index in [0.717, 1.165) is 24.6 Å². The van der Waals surface area contributed by atoms with Gasteiger partial charge in [-0.15, -0.1) is 0 Å². The van der Waals surface area contributed by atoms with E-state index in [0.29, 0.717) is 6.04 Å². The molecule has 0 aliphatic carbocycles. The van der Waals surface area contributed by atoms with Crippen molar-refractivity contribution in [1.82, 2.24) is 25.1 Å². The molecule has 82 valence electrons. The van der Waals surface area contributed by atoms with E-state index in [1.807, 2.05) is 22.9 Å². The van der Waals surface area contributed by atoms with Crippen molar-refractivity contribution in [3.63, 3.8) is 0 Å². The molecule has 2 aromatic heterocycles. The molecular formula is C11H13N5. The van der Waals surface area contributed by atoms with E-state index < -0.39 is 0 Å². The Balaban J connectivity index is 1.99. The van der Waals surface area contributed by atoms with Crippen molar-refractivity contribution < 1.29 is 0 Å². The second kappa shape index (κ2) is 4.02. The van der Waals surface area contributed by atoms with Crippen LogP contribution in [0.4, 0.5) is 0 Å². The first kappa shape index (κ1) is 9.47. The predicted molar refractivity (Wildman–Crippen MR) is 59.1 cm³/mol. The van der Waals surface area contributed by atoms with E-state index in [1.165, 1.54) is 6.42 Å². The Hall–Kier alpha value is -1.75. The van der Waals surface area contributed by atoms with Crippen molar-refractivity contribution in [2.75, 3.05) is 6.54 Å². The fourth-order valence-corrected chi connectivity index (χ4v) is 2.05. The molecule has 1 aliphatic rings. The van der Waals surface area contributed by atoms with Gasteiger partial charge in [-0.3, -0.25) is 0 Å². The van der Waals surface area contributed by atoms with E-state index in [4.69, 9.17) is 0 Å². The largest absolute Gasteiger partial charge is 0.307 e. The maximum Gasteiger partial charge on any atom is 0.155 e. The highest BCUT2D eigenvalue weighted by atomic mass is 15.4. The molecule has 1 aliphatic heterocycles. The number of nitrogens with zero attached hydrogens (tertiary/aromatic N) is 4. The van der Waals surface area contributed by atoms with Crippen LogP contribution >= 0.6 is 0 Å². The lowest BCUT2D eigenvalue weighted by Gasteiger charge is -2.10. The van der Waals surface area contributed by atoms with Crippen LogP contribution in [0.1, 0.15) is 24.7 Å². The molecule has 1 saturated heterocycles. The Morgan fingerprint density at radius 3 is 3.06 bits per heavy atom. The number of hydrogen-bond acceptors (Lipinski definition) is 4. The molecule has 1 atom stereocenters. The first-order valence-corrected chi connectivity index (χ1v) is 5.50. The van der Waals surface area contributed by atoms with Crippen molar-refractivity contribution in [3.8, 4) is 5.82 Å². The van der Waals surface area contributed by atoms with Crippen LogP contribution in [0.2, 0.25) is 0 Å². The van der Waals surface area contributed by atoms with Gasteiger partial charge in [0, 0.05) is 6.20 Å². The normalized spacial score (nSPS) is 20.1. The Morgan fingerprint density at radius 1 is 1.31 bits per heavy atom. The van der Waals surface area contributed by atoms with Crippen LogP contribution in [-0.4, -0.2) is 26.3 Å². The van der Waals surface area contributed by atoms with Gasteiger partial charge in [-0.1, -0.05) is 6.07 Å². The second-order valence-corrected chi connectivity index (χ2v) is 3.87.